The Morgan fingerprint density at radius 1 is 0.778 bits per heavy atom. The largest absolute Gasteiger partial charge is 0.455 e. The molecule has 0 saturated carbocycles. The van der Waals surface area contributed by atoms with Crippen LogP contribution in [0.2, 0.25) is 0 Å². The molecule has 2 aliphatic rings. The number of esters is 3. The molecule has 262 valence electrons. The standard InChI is InChI=1S/C31H54O14/c1-6-8-9-10-11-12-13-14-22(35)41-26-25(42-28(38)18(3)4)23(36)20(15-32)40-30(26)45-31(17-34)27(24(37)21(16-33)44-31)43-29(39)19(5)7-2/h18-21,23-27,30,32-34,36-37H,6-17H2,1-5H3/t19-,20-,21-,23-,24-,25+,26-,27+,30-,31+/m1/s1. The maximum absolute atomic E-state index is 13.0. The minimum atomic E-state index is -2.35. The van der Waals surface area contributed by atoms with Gasteiger partial charge in [-0.05, 0) is 12.8 Å². The fourth-order valence-electron chi connectivity index (χ4n) is 5.12. The molecule has 0 bridgehead atoms. The highest BCUT2D eigenvalue weighted by atomic mass is 16.8. The van der Waals surface area contributed by atoms with E-state index in [0.717, 1.165) is 38.5 Å². The van der Waals surface area contributed by atoms with Gasteiger partial charge < -0.3 is 54.0 Å². The zero-order valence-corrected chi connectivity index (χ0v) is 27.2. The third-order valence-corrected chi connectivity index (χ3v) is 8.22. The average molecular weight is 651 g/mol. The van der Waals surface area contributed by atoms with E-state index in [4.69, 9.17) is 28.4 Å². The van der Waals surface area contributed by atoms with Crippen LogP contribution in [0.15, 0.2) is 0 Å². The summed E-state index contributed by atoms with van der Waals surface area (Å²) in [5.74, 6) is -5.76. The Hall–Kier alpha value is -1.91. The second kappa shape index (κ2) is 19.0. The highest BCUT2D eigenvalue weighted by Gasteiger charge is 2.62. The first kappa shape index (κ1) is 39.3. The maximum atomic E-state index is 13.0. The van der Waals surface area contributed by atoms with Crippen LogP contribution in [0.3, 0.4) is 0 Å². The van der Waals surface area contributed by atoms with E-state index in [0.29, 0.717) is 12.8 Å². The number of hydrogen-bond acceptors (Lipinski definition) is 14. The molecule has 0 radical (unpaired) electrons. The van der Waals surface area contributed by atoms with E-state index in [1.165, 1.54) is 0 Å². The number of unbranched alkanes of at least 4 members (excludes halogenated alkanes) is 6. The van der Waals surface area contributed by atoms with Crippen molar-refractivity contribution in [2.24, 2.45) is 11.8 Å². The quantitative estimate of drug-likeness (QED) is 0.0754. The normalized spacial score (nSPS) is 32.3. The summed E-state index contributed by atoms with van der Waals surface area (Å²) in [6, 6.07) is 0. The SMILES string of the molecule is CCCCCCCCCC(=O)O[C@H]1[C@@H](O[C@]2(CO)O[C@H](CO)[C@@H](O)[C@@H]2OC(=O)[C@H](C)CC)O[C@H](CO)[C@@H](O)[C@@H]1OC(=O)C(C)C. The molecule has 0 spiro atoms. The molecule has 2 fully saturated rings. The van der Waals surface area contributed by atoms with Gasteiger partial charge >= 0.3 is 17.9 Å². The van der Waals surface area contributed by atoms with E-state index >= 15 is 0 Å². The lowest BCUT2D eigenvalue weighted by molar-refractivity contribution is -0.384. The van der Waals surface area contributed by atoms with Crippen LogP contribution in [0, 0.1) is 11.8 Å². The molecular weight excluding hydrogens is 596 g/mol. The van der Waals surface area contributed by atoms with Gasteiger partial charge in [-0.3, -0.25) is 14.4 Å². The molecule has 0 aromatic heterocycles. The zero-order valence-electron chi connectivity index (χ0n) is 27.2. The molecule has 14 heteroatoms. The highest BCUT2D eigenvalue weighted by Crippen LogP contribution is 2.39. The van der Waals surface area contributed by atoms with Crippen LogP contribution in [-0.2, 0) is 42.8 Å². The van der Waals surface area contributed by atoms with Crippen LogP contribution >= 0.6 is 0 Å². The van der Waals surface area contributed by atoms with E-state index in [9.17, 15) is 39.9 Å². The average Bonchev–Trinajstić information content (AvgIpc) is 3.28. The first-order valence-electron chi connectivity index (χ1n) is 16.2. The smallest absolute Gasteiger partial charge is 0.309 e. The molecule has 10 atom stereocenters. The fraction of sp³-hybridized carbons (Fsp3) is 0.903. The summed E-state index contributed by atoms with van der Waals surface area (Å²) in [5.41, 5.74) is 0. The first-order valence-corrected chi connectivity index (χ1v) is 16.2. The van der Waals surface area contributed by atoms with Crippen molar-refractivity contribution in [3.8, 4) is 0 Å². The minimum Gasteiger partial charge on any atom is -0.455 e. The summed E-state index contributed by atoms with van der Waals surface area (Å²) in [4.78, 5) is 38.4. The van der Waals surface area contributed by atoms with Gasteiger partial charge in [0.2, 0.25) is 12.1 Å². The summed E-state index contributed by atoms with van der Waals surface area (Å²) < 4.78 is 34.2. The van der Waals surface area contributed by atoms with Crippen molar-refractivity contribution in [1.29, 1.82) is 0 Å². The van der Waals surface area contributed by atoms with Crippen LogP contribution in [0.4, 0.5) is 0 Å². The predicted molar refractivity (Wildman–Crippen MR) is 157 cm³/mol. The molecular formula is C31H54O14. The number of aliphatic hydroxyl groups excluding tert-OH is 5. The topological polar surface area (TPSA) is 208 Å². The van der Waals surface area contributed by atoms with E-state index in [1.807, 2.05) is 0 Å². The molecule has 5 N–H and O–H groups in total. The Balaban J connectivity index is 2.39. The van der Waals surface area contributed by atoms with Crippen LogP contribution in [0.25, 0.3) is 0 Å². The molecule has 45 heavy (non-hydrogen) atoms. The van der Waals surface area contributed by atoms with Gasteiger partial charge in [0.15, 0.2) is 18.3 Å². The van der Waals surface area contributed by atoms with Gasteiger partial charge in [-0.15, -0.1) is 0 Å². The number of aliphatic hydroxyl groups is 5. The minimum absolute atomic E-state index is 0.00343. The van der Waals surface area contributed by atoms with Crippen molar-refractivity contribution in [1.82, 2.24) is 0 Å². The second-order valence-electron chi connectivity index (χ2n) is 12.2. The predicted octanol–water partition coefficient (Wildman–Crippen LogP) is 1.10. The van der Waals surface area contributed by atoms with E-state index in [1.54, 1.807) is 27.7 Å². The Morgan fingerprint density at radius 2 is 1.40 bits per heavy atom. The molecule has 2 rings (SSSR count). The zero-order chi connectivity index (χ0) is 33.7. The molecule has 2 aliphatic heterocycles. The van der Waals surface area contributed by atoms with E-state index in [-0.39, 0.29) is 6.42 Å². The molecule has 14 nitrogen and oxygen atoms in total. The number of carbonyl (C=O) groups excluding carboxylic acids is 3. The highest BCUT2D eigenvalue weighted by molar-refractivity contribution is 5.72. The second-order valence-corrected chi connectivity index (χ2v) is 12.2. The van der Waals surface area contributed by atoms with Gasteiger partial charge in [0.05, 0.1) is 25.0 Å². The molecule has 0 aliphatic carbocycles. The van der Waals surface area contributed by atoms with Crippen molar-refractivity contribution in [2.75, 3.05) is 19.8 Å². The number of hydrogen-bond donors (Lipinski definition) is 5. The van der Waals surface area contributed by atoms with Gasteiger partial charge in [-0.2, -0.15) is 0 Å². The van der Waals surface area contributed by atoms with E-state index < -0.39 is 104 Å². The number of rotatable bonds is 19. The molecule has 0 unspecified atom stereocenters. The summed E-state index contributed by atoms with van der Waals surface area (Å²) in [6.45, 7) is 6.07. The first-order chi connectivity index (χ1) is 21.4. The molecule has 0 amide bonds. The summed E-state index contributed by atoms with van der Waals surface area (Å²) in [6.07, 6.45) is -5.65. The lowest BCUT2D eigenvalue weighted by Gasteiger charge is -2.45. The van der Waals surface area contributed by atoms with Crippen LogP contribution in [0.1, 0.15) is 92.4 Å². The third-order valence-electron chi connectivity index (χ3n) is 8.22. The lowest BCUT2D eigenvalue weighted by Crippen LogP contribution is -2.65. The Labute approximate surface area is 265 Å². The summed E-state index contributed by atoms with van der Waals surface area (Å²) >= 11 is 0. The third kappa shape index (κ3) is 10.5. The van der Waals surface area contributed by atoms with Gasteiger partial charge in [0.25, 0.3) is 0 Å². The van der Waals surface area contributed by atoms with Crippen LogP contribution < -0.4 is 0 Å². The molecule has 0 aromatic carbocycles. The number of ether oxygens (including phenoxy) is 6. The number of carbonyl (C=O) groups is 3. The Morgan fingerprint density at radius 3 is 1.96 bits per heavy atom. The van der Waals surface area contributed by atoms with Gasteiger partial charge in [0, 0.05) is 6.42 Å². The molecule has 2 heterocycles. The van der Waals surface area contributed by atoms with E-state index in [2.05, 4.69) is 6.92 Å². The van der Waals surface area contributed by atoms with Gasteiger partial charge in [0.1, 0.15) is 31.0 Å². The maximum Gasteiger partial charge on any atom is 0.309 e. The lowest BCUT2D eigenvalue weighted by atomic mass is 9.97. The Kier molecular flexibility index (Phi) is 16.6. The van der Waals surface area contributed by atoms with Crippen molar-refractivity contribution < 1.29 is 68.3 Å². The van der Waals surface area contributed by atoms with Crippen molar-refractivity contribution >= 4 is 17.9 Å². The van der Waals surface area contributed by atoms with Gasteiger partial charge in [-0.1, -0.05) is 73.1 Å². The monoisotopic (exact) mass is 650 g/mol. The summed E-state index contributed by atoms with van der Waals surface area (Å²) in [5, 5.41) is 52.2. The van der Waals surface area contributed by atoms with Crippen molar-refractivity contribution in [3.05, 3.63) is 0 Å². The molecule has 2 saturated heterocycles. The van der Waals surface area contributed by atoms with Crippen molar-refractivity contribution in [2.45, 2.75) is 147 Å². The van der Waals surface area contributed by atoms with Crippen molar-refractivity contribution in [3.63, 3.8) is 0 Å². The van der Waals surface area contributed by atoms with Gasteiger partial charge in [-0.25, -0.2) is 0 Å². The summed E-state index contributed by atoms with van der Waals surface area (Å²) in [7, 11) is 0. The molecule has 0 aromatic rings. The van der Waals surface area contributed by atoms with Crippen LogP contribution in [0.5, 0.6) is 0 Å². The fourth-order valence-corrected chi connectivity index (χ4v) is 5.12. The van der Waals surface area contributed by atoms with Crippen LogP contribution in [-0.4, -0.2) is 118 Å². The Bertz CT molecular complexity index is 915.